The van der Waals surface area contributed by atoms with Crippen molar-refractivity contribution in [2.24, 2.45) is 5.92 Å². The molecule has 4 heteroatoms. The molecule has 0 bridgehead atoms. The summed E-state index contributed by atoms with van der Waals surface area (Å²) in [5, 5.41) is 0.929. The van der Waals surface area contributed by atoms with Crippen LogP contribution in [0.3, 0.4) is 0 Å². The van der Waals surface area contributed by atoms with E-state index in [0.29, 0.717) is 11.8 Å². The molecule has 1 fully saturated rings. The summed E-state index contributed by atoms with van der Waals surface area (Å²) in [7, 11) is 0. The maximum absolute atomic E-state index is 13.4. The largest absolute Gasteiger partial charge is 0.338 e. The maximum Gasteiger partial charge on any atom is 0.265 e. The zero-order chi connectivity index (χ0) is 20.9. The Kier molecular flexibility index (Phi) is 6.63. The predicted octanol–water partition coefficient (Wildman–Crippen LogP) is 6.55. The van der Waals surface area contributed by atoms with Crippen LogP contribution in [-0.4, -0.2) is 28.9 Å². The molecule has 1 saturated heterocycles. The summed E-state index contributed by atoms with van der Waals surface area (Å²) in [6, 6.07) is 21.0. The summed E-state index contributed by atoms with van der Waals surface area (Å²) in [5.74, 6) is 1.22. The number of hydrogen-bond donors (Lipinski definition) is 0. The van der Waals surface area contributed by atoms with E-state index in [1.165, 1.54) is 36.2 Å². The van der Waals surface area contributed by atoms with E-state index < -0.39 is 0 Å². The second-order valence-corrected chi connectivity index (χ2v) is 9.26. The average molecular weight is 419 g/mol. The highest BCUT2D eigenvalue weighted by Gasteiger charge is 2.33. The Bertz CT molecular complexity index is 967. The highest BCUT2D eigenvalue weighted by Crippen LogP contribution is 2.37. The van der Waals surface area contributed by atoms with Gasteiger partial charge in [0.05, 0.1) is 5.69 Å². The van der Waals surface area contributed by atoms with Gasteiger partial charge in [0.2, 0.25) is 0 Å². The maximum atomic E-state index is 13.4. The molecule has 0 spiro atoms. The molecular weight excluding hydrogens is 388 g/mol. The summed E-state index contributed by atoms with van der Waals surface area (Å²) < 4.78 is 0. The predicted molar refractivity (Wildman–Crippen MR) is 125 cm³/mol. The molecule has 1 unspecified atom stereocenters. The van der Waals surface area contributed by atoms with Gasteiger partial charge in [-0.2, -0.15) is 0 Å². The minimum atomic E-state index is 0.153. The fourth-order valence-corrected chi connectivity index (χ4v) is 5.60. The third-order valence-corrected chi connectivity index (χ3v) is 7.38. The standard InChI is InChI=1S/C26H30N2OS/c1-3-4-11-22-18-28(17-16-23(22)20-12-7-5-8-13-20)26(29)24-19(2)27-25(30-24)21-14-9-6-10-15-21/h5-10,12-15,22-23H,3-4,11,16-18H2,1-2H3/t22-,23?/m0/s1. The Balaban J connectivity index is 1.53. The molecule has 2 aromatic carbocycles. The number of aryl methyl sites for hydroxylation is 1. The zero-order valence-corrected chi connectivity index (χ0v) is 18.7. The number of carbonyl (C=O) groups excluding carboxylic acids is 1. The average Bonchev–Trinajstić information content (AvgIpc) is 3.19. The lowest BCUT2D eigenvalue weighted by atomic mass is 9.78. The van der Waals surface area contributed by atoms with Crippen LogP contribution in [0, 0.1) is 12.8 Å². The molecule has 4 rings (SSSR count). The van der Waals surface area contributed by atoms with Gasteiger partial charge < -0.3 is 4.90 Å². The number of thiazole rings is 1. The van der Waals surface area contributed by atoms with E-state index in [0.717, 1.165) is 40.7 Å². The number of hydrogen-bond acceptors (Lipinski definition) is 3. The number of aromatic nitrogens is 1. The minimum Gasteiger partial charge on any atom is -0.338 e. The van der Waals surface area contributed by atoms with Gasteiger partial charge >= 0.3 is 0 Å². The number of piperidine rings is 1. The fraction of sp³-hybridized carbons (Fsp3) is 0.385. The first-order valence-electron chi connectivity index (χ1n) is 11.0. The van der Waals surface area contributed by atoms with Gasteiger partial charge in [0, 0.05) is 18.7 Å². The van der Waals surface area contributed by atoms with E-state index in [1.54, 1.807) is 0 Å². The lowest BCUT2D eigenvalue weighted by molar-refractivity contribution is 0.0643. The van der Waals surface area contributed by atoms with Gasteiger partial charge in [-0.05, 0) is 37.2 Å². The number of carbonyl (C=O) groups is 1. The van der Waals surface area contributed by atoms with Gasteiger partial charge in [0.1, 0.15) is 9.88 Å². The van der Waals surface area contributed by atoms with Gasteiger partial charge in [-0.3, -0.25) is 4.79 Å². The topological polar surface area (TPSA) is 33.2 Å². The molecule has 30 heavy (non-hydrogen) atoms. The number of benzene rings is 2. The minimum absolute atomic E-state index is 0.153. The quantitative estimate of drug-likeness (QED) is 0.454. The monoisotopic (exact) mass is 418 g/mol. The van der Waals surface area contributed by atoms with Crippen LogP contribution < -0.4 is 0 Å². The molecule has 3 aromatic rings. The molecule has 0 N–H and O–H groups in total. The molecule has 0 saturated carbocycles. The van der Waals surface area contributed by atoms with Crippen molar-refractivity contribution in [1.82, 2.24) is 9.88 Å². The van der Waals surface area contributed by atoms with E-state index in [2.05, 4.69) is 54.3 Å². The van der Waals surface area contributed by atoms with E-state index in [-0.39, 0.29) is 5.91 Å². The van der Waals surface area contributed by atoms with Gasteiger partial charge in [0.15, 0.2) is 0 Å². The van der Waals surface area contributed by atoms with Crippen LogP contribution in [0.25, 0.3) is 10.6 Å². The van der Waals surface area contributed by atoms with Crippen LogP contribution in [0.5, 0.6) is 0 Å². The van der Waals surface area contributed by atoms with Crippen molar-refractivity contribution in [3.05, 3.63) is 76.8 Å². The second-order valence-electron chi connectivity index (χ2n) is 8.26. The molecule has 2 heterocycles. The van der Waals surface area contributed by atoms with Gasteiger partial charge in [-0.1, -0.05) is 80.4 Å². The van der Waals surface area contributed by atoms with E-state index in [1.807, 2.05) is 25.1 Å². The van der Waals surface area contributed by atoms with E-state index >= 15 is 0 Å². The molecule has 1 aliphatic heterocycles. The first-order valence-corrected chi connectivity index (χ1v) is 11.9. The fourth-order valence-electron chi connectivity index (χ4n) is 4.56. The number of likely N-dealkylation sites (tertiary alicyclic amines) is 1. The van der Waals surface area contributed by atoms with Crippen molar-refractivity contribution in [1.29, 1.82) is 0 Å². The first-order chi connectivity index (χ1) is 14.7. The van der Waals surface area contributed by atoms with Crippen molar-refractivity contribution in [2.45, 2.75) is 45.4 Å². The van der Waals surface area contributed by atoms with Crippen LogP contribution in [0.15, 0.2) is 60.7 Å². The lowest BCUT2D eigenvalue weighted by Crippen LogP contribution is -2.43. The van der Waals surface area contributed by atoms with Crippen LogP contribution in [0.2, 0.25) is 0 Å². The van der Waals surface area contributed by atoms with Crippen LogP contribution in [0.4, 0.5) is 0 Å². The normalized spacial score (nSPS) is 19.1. The van der Waals surface area contributed by atoms with Crippen molar-refractivity contribution in [3.8, 4) is 10.6 Å². The molecule has 156 valence electrons. The van der Waals surface area contributed by atoms with Gasteiger partial charge in [-0.15, -0.1) is 11.3 Å². The third kappa shape index (κ3) is 4.49. The number of amides is 1. The molecule has 1 amide bonds. The van der Waals surface area contributed by atoms with Crippen molar-refractivity contribution in [2.75, 3.05) is 13.1 Å². The number of rotatable bonds is 6. The highest BCUT2D eigenvalue weighted by atomic mass is 32.1. The van der Waals surface area contributed by atoms with Crippen LogP contribution in [0.1, 0.15) is 59.5 Å². The van der Waals surface area contributed by atoms with Gasteiger partial charge in [0.25, 0.3) is 5.91 Å². The van der Waals surface area contributed by atoms with Gasteiger partial charge in [-0.25, -0.2) is 4.98 Å². The van der Waals surface area contributed by atoms with Crippen LogP contribution in [-0.2, 0) is 0 Å². The van der Waals surface area contributed by atoms with E-state index in [9.17, 15) is 4.79 Å². The summed E-state index contributed by atoms with van der Waals surface area (Å²) in [5.41, 5.74) is 3.35. The SMILES string of the molecule is CCCC[C@H]1CN(C(=O)c2sc(-c3ccccc3)nc2C)CCC1c1ccccc1. The van der Waals surface area contributed by atoms with Crippen molar-refractivity contribution < 1.29 is 4.79 Å². The molecule has 2 atom stereocenters. The Labute approximate surface area is 183 Å². The highest BCUT2D eigenvalue weighted by molar-refractivity contribution is 7.17. The zero-order valence-electron chi connectivity index (χ0n) is 17.9. The molecule has 1 aliphatic rings. The smallest absolute Gasteiger partial charge is 0.265 e. The molecule has 0 radical (unpaired) electrons. The summed E-state index contributed by atoms with van der Waals surface area (Å²) in [6.07, 6.45) is 4.62. The van der Waals surface area contributed by atoms with Crippen molar-refractivity contribution >= 4 is 17.2 Å². The van der Waals surface area contributed by atoms with Crippen LogP contribution >= 0.6 is 11.3 Å². The molecular formula is C26H30N2OS. The second kappa shape index (κ2) is 9.57. The van der Waals surface area contributed by atoms with E-state index in [4.69, 9.17) is 4.98 Å². The number of nitrogens with zero attached hydrogens (tertiary/aromatic N) is 2. The summed E-state index contributed by atoms with van der Waals surface area (Å²) in [6.45, 7) is 5.87. The summed E-state index contributed by atoms with van der Waals surface area (Å²) >= 11 is 1.53. The Morgan fingerprint density at radius 3 is 2.50 bits per heavy atom. The number of unbranched alkanes of at least 4 members (excludes halogenated alkanes) is 1. The molecule has 1 aromatic heterocycles. The Hall–Kier alpha value is -2.46. The molecule has 3 nitrogen and oxygen atoms in total. The Morgan fingerprint density at radius 1 is 1.10 bits per heavy atom. The van der Waals surface area contributed by atoms with Crippen molar-refractivity contribution in [3.63, 3.8) is 0 Å². The Morgan fingerprint density at radius 2 is 1.80 bits per heavy atom. The molecule has 0 aliphatic carbocycles. The third-order valence-electron chi connectivity index (χ3n) is 6.19. The lowest BCUT2D eigenvalue weighted by Gasteiger charge is -2.39. The first kappa shape index (κ1) is 20.8. The summed E-state index contributed by atoms with van der Waals surface area (Å²) in [4.78, 5) is 21.0.